The number of hydrogen-bond donors (Lipinski definition) is 2. The van der Waals surface area contributed by atoms with E-state index in [4.69, 9.17) is 5.11 Å². The Kier molecular flexibility index (Phi) is 2.15. The summed E-state index contributed by atoms with van der Waals surface area (Å²) in [6.07, 6.45) is -0.00112. The lowest BCUT2D eigenvalue weighted by molar-refractivity contribution is -0.166. The van der Waals surface area contributed by atoms with E-state index in [1.165, 1.54) is 6.07 Å². The lowest BCUT2D eigenvalue weighted by Gasteiger charge is -2.12. The topological polar surface area (TPSA) is 66.4 Å². The summed E-state index contributed by atoms with van der Waals surface area (Å²) in [6, 6.07) is 3.33. The monoisotopic (exact) mass is 227 g/mol. The van der Waals surface area contributed by atoms with Crippen LogP contribution in [0.5, 0.6) is 0 Å². The second-order valence-corrected chi connectivity index (χ2v) is 3.48. The molecule has 16 heavy (non-hydrogen) atoms. The maximum Gasteiger partial charge on any atom is 0.379 e. The molecular weight excluding hydrogens is 220 g/mol. The SMILES string of the molecule is O=C1Cc2cc(C(F)(F)C(=O)O)ccc2N1. The van der Waals surface area contributed by atoms with Crippen LogP contribution in [0.15, 0.2) is 18.2 Å². The smallest absolute Gasteiger partial charge is 0.379 e. The number of amides is 1. The molecule has 1 aliphatic heterocycles. The van der Waals surface area contributed by atoms with Gasteiger partial charge in [-0.1, -0.05) is 6.07 Å². The Morgan fingerprint density at radius 1 is 1.44 bits per heavy atom. The van der Waals surface area contributed by atoms with Crippen LogP contribution in [0.2, 0.25) is 0 Å². The van der Waals surface area contributed by atoms with Gasteiger partial charge in [0.1, 0.15) is 0 Å². The van der Waals surface area contributed by atoms with Crippen molar-refractivity contribution in [2.75, 3.05) is 5.32 Å². The van der Waals surface area contributed by atoms with Gasteiger partial charge in [0.05, 0.1) is 6.42 Å². The molecule has 84 valence electrons. The summed E-state index contributed by atoms with van der Waals surface area (Å²) in [4.78, 5) is 21.3. The van der Waals surface area contributed by atoms with Gasteiger partial charge in [-0.15, -0.1) is 0 Å². The number of carbonyl (C=O) groups is 2. The van der Waals surface area contributed by atoms with Gasteiger partial charge in [-0.2, -0.15) is 8.78 Å². The van der Waals surface area contributed by atoms with Crippen molar-refractivity contribution in [3.63, 3.8) is 0 Å². The number of halogens is 2. The maximum atomic E-state index is 13.1. The minimum absolute atomic E-state index is 0.00112. The molecule has 2 rings (SSSR count). The number of benzene rings is 1. The van der Waals surface area contributed by atoms with Crippen LogP contribution in [0.25, 0.3) is 0 Å². The Hall–Kier alpha value is -1.98. The van der Waals surface area contributed by atoms with Crippen LogP contribution in [0, 0.1) is 0 Å². The zero-order chi connectivity index (χ0) is 11.9. The highest BCUT2D eigenvalue weighted by atomic mass is 19.3. The molecule has 4 nitrogen and oxygen atoms in total. The number of carboxylic acid groups (broad SMARTS) is 1. The average molecular weight is 227 g/mol. The molecule has 1 aromatic carbocycles. The normalized spacial score (nSPS) is 14.5. The Bertz CT molecular complexity index is 485. The third kappa shape index (κ3) is 1.52. The van der Waals surface area contributed by atoms with Crippen LogP contribution in [0.4, 0.5) is 14.5 Å². The van der Waals surface area contributed by atoms with Crippen molar-refractivity contribution in [2.24, 2.45) is 0 Å². The fraction of sp³-hybridized carbons (Fsp3) is 0.200. The second kappa shape index (κ2) is 3.26. The molecule has 0 spiro atoms. The summed E-state index contributed by atoms with van der Waals surface area (Å²) in [5.74, 6) is -6.42. The predicted molar refractivity (Wildman–Crippen MR) is 50.3 cm³/mol. The number of carboxylic acids is 1. The van der Waals surface area contributed by atoms with Crippen LogP contribution in [-0.4, -0.2) is 17.0 Å². The van der Waals surface area contributed by atoms with Crippen molar-refractivity contribution < 1.29 is 23.5 Å². The lowest BCUT2D eigenvalue weighted by atomic mass is 10.0. The van der Waals surface area contributed by atoms with Crippen LogP contribution >= 0.6 is 0 Å². The first-order valence-corrected chi connectivity index (χ1v) is 4.45. The molecule has 0 unspecified atom stereocenters. The van der Waals surface area contributed by atoms with Gasteiger partial charge >= 0.3 is 11.9 Å². The van der Waals surface area contributed by atoms with Gasteiger partial charge in [-0.3, -0.25) is 4.79 Å². The molecule has 0 radical (unpaired) electrons. The van der Waals surface area contributed by atoms with Crippen LogP contribution in [-0.2, 0) is 21.9 Å². The highest BCUT2D eigenvalue weighted by molar-refractivity contribution is 5.99. The molecule has 2 N–H and O–H groups in total. The maximum absolute atomic E-state index is 13.1. The van der Waals surface area contributed by atoms with E-state index in [9.17, 15) is 18.4 Å². The molecule has 1 heterocycles. The fourth-order valence-corrected chi connectivity index (χ4v) is 1.55. The van der Waals surface area contributed by atoms with E-state index in [2.05, 4.69) is 5.32 Å². The minimum atomic E-state index is -3.93. The van der Waals surface area contributed by atoms with Crippen molar-refractivity contribution in [3.8, 4) is 0 Å². The molecule has 1 aliphatic rings. The predicted octanol–water partition coefficient (Wildman–Crippen LogP) is 1.36. The second-order valence-electron chi connectivity index (χ2n) is 3.48. The molecule has 0 fully saturated rings. The van der Waals surface area contributed by atoms with Gasteiger partial charge in [0.25, 0.3) is 0 Å². The summed E-state index contributed by atoms with van der Waals surface area (Å²) in [7, 11) is 0. The van der Waals surface area contributed by atoms with E-state index < -0.39 is 17.5 Å². The summed E-state index contributed by atoms with van der Waals surface area (Å²) >= 11 is 0. The van der Waals surface area contributed by atoms with Gasteiger partial charge in [0.2, 0.25) is 5.91 Å². The number of nitrogens with one attached hydrogen (secondary N) is 1. The number of fused-ring (bicyclic) bond motifs is 1. The average Bonchev–Trinajstić information content (AvgIpc) is 2.56. The van der Waals surface area contributed by atoms with Crippen molar-refractivity contribution >= 4 is 17.6 Å². The number of carbonyl (C=O) groups excluding carboxylic acids is 1. The summed E-state index contributed by atoms with van der Waals surface area (Å²) in [5, 5.41) is 10.8. The van der Waals surface area contributed by atoms with E-state index >= 15 is 0 Å². The van der Waals surface area contributed by atoms with Gasteiger partial charge in [-0.05, 0) is 17.7 Å². The van der Waals surface area contributed by atoms with Gasteiger partial charge < -0.3 is 10.4 Å². The lowest BCUT2D eigenvalue weighted by Crippen LogP contribution is -2.25. The fourth-order valence-electron chi connectivity index (χ4n) is 1.55. The molecule has 0 aromatic heterocycles. The van der Waals surface area contributed by atoms with E-state index in [0.717, 1.165) is 12.1 Å². The molecular formula is C10H7F2NO3. The summed E-state index contributed by atoms with van der Waals surface area (Å²) in [6.45, 7) is 0. The standard InChI is InChI=1S/C10H7F2NO3/c11-10(12,9(15)16)6-1-2-7-5(3-6)4-8(14)13-7/h1-3H,4H2,(H,13,14)(H,15,16). The van der Waals surface area contributed by atoms with Gasteiger partial charge in [-0.25, -0.2) is 4.79 Å². The molecule has 0 aliphatic carbocycles. The van der Waals surface area contributed by atoms with E-state index in [1.54, 1.807) is 0 Å². The number of alkyl halides is 2. The third-order valence-corrected chi connectivity index (χ3v) is 2.36. The van der Waals surface area contributed by atoms with E-state index in [0.29, 0.717) is 11.3 Å². The Morgan fingerprint density at radius 3 is 2.75 bits per heavy atom. The molecule has 1 amide bonds. The Labute approximate surface area is 88.9 Å². The van der Waals surface area contributed by atoms with Crippen molar-refractivity contribution in [2.45, 2.75) is 12.3 Å². The van der Waals surface area contributed by atoms with Crippen LogP contribution < -0.4 is 5.32 Å². The molecule has 0 saturated heterocycles. The van der Waals surface area contributed by atoms with Gasteiger partial charge in [0.15, 0.2) is 0 Å². The quantitative estimate of drug-likeness (QED) is 0.801. The van der Waals surface area contributed by atoms with Crippen molar-refractivity contribution in [1.82, 2.24) is 0 Å². The first-order valence-electron chi connectivity index (χ1n) is 4.45. The van der Waals surface area contributed by atoms with Crippen molar-refractivity contribution in [3.05, 3.63) is 29.3 Å². The zero-order valence-electron chi connectivity index (χ0n) is 7.96. The molecule has 0 bridgehead atoms. The number of anilines is 1. The summed E-state index contributed by atoms with van der Waals surface area (Å²) in [5.41, 5.74) is 0.230. The zero-order valence-corrected chi connectivity index (χ0v) is 7.96. The largest absolute Gasteiger partial charge is 0.477 e. The highest BCUT2D eigenvalue weighted by Gasteiger charge is 2.41. The van der Waals surface area contributed by atoms with Crippen molar-refractivity contribution in [1.29, 1.82) is 0 Å². The molecule has 1 aromatic rings. The number of hydrogen-bond acceptors (Lipinski definition) is 2. The van der Waals surface area contributed by atoms with Crippen LogP contribution in [0.1, 0.15) is 11.1 Å². The summed E-state index contributed by atoms with van der Waals surface area (Å²) < 4.78 is 26.3. The van der Waals surface area contributed by atoms with E-state index in [1.807, 2.05) is 0 Å². The first kappa shape index (κ1) is 10.5. The molecule has 0 atom stereocenters. The number of rotatable bonds is 2. The van der Waals surface area contributed by atoms with Crippen LogP contribution in [0.3, 0.4) is 0 Å². The number of aliphatic carboxylic acids is 1. The Morgan fingerprint density at radius 2 is 2.12 bits per heavy atom. The third-order valence-electron chi connectivity index (χ3n) is 2.36. The minimum Gasteiger partial charge on any atom is -0.477 e. The molecule has 6 heteroatoms. The van der Waals surface area contributed by atoms with E-state index in [-0.39, 0.29) is 12.3 Å². The first-order chi connectivity index (χ1) is 7.41. The molecule has 0 saturated carbocycles. The highest BCUT2D eigenvalue weighted by Crippen LogP contribution is 2.32. The van der Waals surface area contributed by atoms with Gasteiger partial charge in [0, 0.05) is 11.3 Å². The Balaban J connectivity index is 2.43.